The summed E-state index contributed by atoms with van der Waals surface area (Å²) in [6, 6.07) is 0. The third kappa shape index (κ3) is 1.87. The lowest BCUT2D eigenvalue weighted by molar-refractivity contribution is 0.551. The second-order valence-corrected chi connectivity index (χ2v) is 6.06. The molecule has 9 heavy (non-hydrogen) atoms. The normalized spacial score (nSPS) is 30.7. The van der Waals surface area contributed by atoms with Gasteiger partial charge in [-0.15, -0.1) is 11.8 Å². The summed E-state index contributed by atoms with van der Waals surface area (Å²) >= 11 is 2.01. The van der Waals surface area contributed by atoms with Crippen LogP contribution in [-0.2, 0) is 0 Å². The van der Waals surface area contributed by atoms with Crippen molar-refractivity contribution in [1.29, 1.82) is 0 Å². The van der Waals surface area contributed by atoms with Crippen molar-refractivity contribution in [2.24, 2.45) is 0 Å². The first-order valence-corrected chi connectivity index (χ1v) is 4.18. The standard InChI is InChI=1S/C7H15NS/c1-6(2)5-8-7(3,4)9-6/h8H,5H2,1-4H3. The zero-order chi connectivity index (χ0) is 7.12. The summed E-state index contributed by atoms with van der Waals surface area (Å²) in [6.45, 7) is 10.1. The molecule has 1 nitrogen and oxygen atoms in total. The largest absolute Gasteiger partial charge is 0.302 e. The third-order valence-electron chi connectivity index (χ3n) is 1.47. The zero-order valence-electron chi connectivity index (χ0n) is 6.62. The van der Waals surface area contributed by atoms with E-state index in [-0.39, 0.29) is 0 Å². The van der Waals surface area contributed by atoms with E-state index in [0.717, 1.165) is 6.54 Å². The minimum absolute atomic E-state index is 0.295. The molecule has 1 saturated heterocycles. The average molecular weight is 145 g/mol. The lowest BCUT2D eigenvalue weighted by Crippen LogP contribution is -2.30. The van der Waals surface area contributed by atoms with Crippen LogP contribution in [0.3, 0.4) is 0 Å². The van der Waals surface area contributed by atoms with Gasteiger partial charge in [0.05, 0.1) is 4.87 Å². The van der Waals surface area contributed by atoms with E-state index in [9.17, 15) is 0 Å². The van der Waals surface area contributed by atoms with E-state index in [2.05, 4.69) is 33.0 Å². The molecule has 54 valence electrons. The molecule has 0 amide bonds. The Labute approximate surface area is 61.6 Å². The van der Waals surface area contributed by atoms with Crippen LogP contribution in [0.2, 0.25) is 0 Å². The Morgan fingerprint density at radius 3 is 1.89 bits per heavy atom. The third-order valence-corrected chi connectivity index (χ3v) is 2.82. The predicted molar refractivity (Wildman–Crippen MR) is 43.8 cm³/mol. The average Bonchev–Trinajstić information content (AvgIpc) is 1.78. The first-order chi connectivity index (χ1) is 3.91. The highest BCUT2D eigenvalue weighted by Crippen LogP contribution is 2.39. The number of hydrogen-bond donors (Lipinski definition) is 1. The van der Waals surface area contributed by atoms with Crippen LogP contribution in [0.5, 0.6) is 0 Å². The highest BCUT2D eigenvalue weighted by molar-refractivity contribution is 8.02. The van der Waals surface area contributed by atoms with Gasteiger partial charge in [0.1, 0.15) is 0 Å². The van der Waals surface area contributed by atoms with Crippen LogP contribution in [-0.4, -0.2) is 16.2 Å². The van der Waals surface area contributed by atoms with E-state index < -0.39 is 0 Å². The van der Waals surface area contributed by atoms with Gasteiger partial charge in [0.15, 0.2) is 0 Å². The molecule has 0 saturated carbocycles. The Hall–Kier alpha value is 0.310. The van der Waals surface area contributed by atoms with E-state index in [0.29, 0.717) is 9.62 Å². The Kier molecular flexibility index (Phi) is 1.56. The van der Waals surface area contributed by atoms with Gasteiger partial charge >= 0.3 is 0 Å². The molecule has 0 aromatic heterocycles. The van der Waals surface area contributed by atoms with E-state index in [1.165, 1.54) is 0 Å². The molecule has 0 spiro atoms. The molecule has 0 unspecified atom stereocenters. The van der Waals surface area contributed by atoms with E-state index >= 15 is 0 Å². The van der Waals surface area contributed by atoms with Gasteiger partial charge in [0.2, 0.25) is 0 Å². The smallest absolute Gasteiger partial charge is 0.0594 e. The van der Waals surface area contributed by atoms with Crippen molar-refractivity contribution in [2.75, 3.05) is 6.54 Å². The van der Waals surface area contributed by atoms with Gasteiger partial charge in [-0.05, 0) is 27.7 Å². The summed E-state index contributed by atoms with van der Waals surface area (Å²) in [5, 5.41) is 3.45. The van der Waals surface area contributed by atoms with Gasteiger partial charge in [-0.2, -0.15) is 0 Å². The molecule has 1 fully saturated rings. The maximum absolute atomic E-state index is 3.45. The minimum Gasteiger partial charge on any atom is -0.302 e. The van der Waals surface area contributed by atoms with Crippen molar-refractivity contribution in [2.45, 2.75) is 37.3 Å². The Bertz CT molecular complexity index is 104. The summed E-state index contributed by atoms with van der Waals surface area (Å²) < 4.78 is 0.434. The molecule has 0 atom stereocenters. The second kappa shape index (κ2) is 1.89. The molecular formula is C7H15NS. The highest BCUT2D eigenvalue weighted by atomic mass is 32.2. The number of nitrogens with one attached hydrogen (secondary N) is 1. The first-order valence-electron chi connectivity index (χ1n) is 3.37. The van der Waals surface area contributed by atoms with Crippen LogP contribution in [0, 0.1) is 0 Å². The van der Waals surface area contributed by atoms with Crippen molar-refractivity contribution in [3.8, 4) is 0 Å². The van der Waals surface area contributed by atoms with Crippen molar-refractivity contribution < 1.29 is 0 Å². The summed E-state index contributed by atoms with van der Waals surface area (Å²) in [6.07, 6.45) is 0. The van der Waals surface area contributed by atoms with Gasteiger partial charge in [-0.1, -0.05) is 0 Å². The van der Waals surface area contributed by atoms with E-state index in [1.54, 1.807) is 0 Å². The maximum Gasteiger partial charge on any atom is 0.0594 e. The number of hydrogen-bond acceptors (Lipinski definition) is 2. The van der Waals surface area contributed by atoms with Crippen LogP contribution in [0.1, 0.15) is 27.7 Å². The Morgan fingerprint density at radius 1 is 1.22 bits per heavy atom. The number of rotatable bonds is 0. The zero-order valence-corrected chi connectivity index (χ0v) is 7.43. The summed E-state index contributed by atoms with van der Waals surface area (Å²) in [5.41, 5.74) is 0. The molecule has 0 aromatic carbocycles. The molecule has 1 rings (SSSR count). The molecule has 2 heteroatoms. The SMILES string of the molecule is CC1(C)CNC(C)(C)S1. The van der Waals surface area contributed by atoms with Crippen molar-refractivity contribution in [3.63, 3.8) is 0 Å². The lowest BCUT2D eigenvalue weighted by atomic mass is 10.2. The molecule has 1 N–H and O–H groups in total. The second-order valence-electron chi connectivity index (χ2n) is 3.73. The van der Waals surface area contributed by atoms with Crippen molar-refractivity contribution in [3.05, 3.63) is 0 Å². The molecule has 0 radical (unpaired) electrons. The number of thioether (sulfide) groups is 1. The fraction of sp³-hybridized carbons (Fsp3) is 1.00. The van der Waals surface area contributed by atoms with Crippen molar-refractivity contribution >= 4 is 11.8 Å². The molecule has 1 heterocycles. The van der Waals surface area contributed by atoms with Gasteiger partial charge in [0.25, 0.3) is 0 Å². The summed E-state index contributed by atoms with van der Waals surface area (Å²) in [5.74, 6) is 0. The summed E-state index contributed by atoms with van der Waals surface area (Å²) in [7, 11) is 0. The van der Waals surface area contributed by atoms with Crippen molar-refractivity contribution in [1.82, 2.24) is 5.32 Å². The van der Waals surface area contributed by atoms with Crippen LogP contribution >= 0.6 is 11.8 Å². The van der Waals surface area contributed by atoms with E-state index in [4.69, 9.17) is 0 Å². The Morgan fingerprint density at radius 2 is 1.78 bits per heavy atom. The fourth-order valence-corrected chi connectivity index (χ4v) is 2.86. The quantitative estimate of drug-likeness (QED) is 0.558. The molecule has 1 aliphatic rings. The molecule has 1 aliphatic heterocycles. The van der Waals surface area contributed by atoms with Crippen LogP contribution in [0.15, 0.2) is 0 Å². The predicted octanol–water partition coefficient (Wildman–Crippen LogP) is 1.84. The minimum atomic E-state index is 0.295. The Balaban J connectivity index is 2.58. The topological polar surface area (TPSA) is 12.0 Å². The monoisotopic (exact) mass is 145 g/mol. The lowest BCUT2D eigenvalue weighted by Gasteiger charge is -2.19. The van der Waals surface area contributed by atoms with Gasteiger partial charge in [-0.3, -0.25) is 0 Å². The van der Waals surface area contributed by atoms with Crippen LogP contribution in [0.25, 0.3) is 0 Å². The fourth-order valence-electron chi connectivity index (χ4n) is 1.19. The van der Waals surface area contributed by atoms with Gasteiger partial charge in [-0.25, -0.2) is 0 Å². The molecule has 0 bridgehead atoms. The highest BCUT2D eigenvalue weighted by Gasteiger charge is 2.36. The summed E-state index contributed by atoms with van der Waals surface area (Å²) in [4.78, 5) is 0.295. The van der Waals surface area contributed by atoms with Crippen LogP contribution < -0.4 is 5.32 Å². The van der Waals surface area contributed by atoms with Gasteiger partial charge in [0, 0.05) is 11.3 Å². The molecule has 0 aromatic rings. The van der Waals surface area contributed by atoms with Gasteiger partial charge < -0.3 is 5.32 Å². The maximum atomic E-state index is 3.45. The first kappa shape index (κ1) is 7.42. The molecule has 0 aliphatic carbocycles. The molecular weight excluding hydrogens is 130 g/mol. The van der Waals surface area contributed by atoms with E-state index in [1.807, 2.05) is 11.8 Å². The van der Waals surface area contributed by atoms with Crippen LogP contribution in [0.4, 0.5) is 0 Å².